The molecule has 4 saturated carbocycles. The van der Waals surface area contributed by atoms with Gasteiger partial charge in [-0.2, -0.15) is 0 Å². The molecule has 8 atom stereocenters. The summed E-state index contributed by atoms with van der Waals surface area (Å²) in [6.07, 6.45) is 10.3. The summed E-state index contributed by atoms with van der Waals surface area (Å²) < 4.78 is 6.23. The summed E-state index contributed by atoms with van der Waals surface area (Å²) in [7, 11) is 0. The van der Waals surface area contributed by atoms with Crippen LogP contribution >= 0.6 is 11.6 Å². The van der Waals surface area contributed by atoms with Gasteiger partial charge in [-0.3, -0.25) is 9.59 Å². The van der Waals surface area contributed by atoms with Gasteiger partial charge in [0.1, 0.15) is 5.60 Å². The van der Waals surface area contributed by atoms with Gasteiger partial charge in [-0.1, -0.05) is 18.5 Å². The standard InChI is InChI=1S/C23H29ClO3/c1-2-22-9-7-13-12-5-6-18(25)21(24)15(12)4-3-14(13)20(22)16-11-17(16)23(22)10-8-19(26)27-23/h12-14,16-17,20H,2-11H2,1H3/t12-,13?,14?,16-,17+,20?,22-,23-/m0/s1. The highest BCUT2D eigenvalue weighted by molar-refractivity contribution is 6.43. The monoisotopic (exact) mass is 388 g/mol. The Bertz CT molecular complexity index is 772. The molecule has 1 heterocycles. The van der Waals surface area contributed by atoms with Crippen LogP contribution in [0.15, 0.2) is 10.6 Å². The zero-order valence-corrected chi connectivity index (χ0v) is 16.9. The number of carbonyl (C=O) groups excluding carboxylic acids is 2. The van der Waals surface area contributed by atoms with Crippen molar-refractivity contribution in [2.24, 2.45) is 40.9 Å². The minimum atomic E-state index is -0.143. The number of allylic oxidation sites excluding steroid dienone is 1. The summed E-state index contributed by atoms with van der Waals surface area (Å²) in [5, 5.41) is 0.578. The summed E-state index contributed by atoms with van der Waals surface area (Å²) in [5.74, 6) is 4.28. The van der Waals surface area contributed by atoms with E-state index in [-0.39, 0.29) is 22.8 Å². The van der Waals surface area contributed by atoms with Crippen LogP contribution in [0.5, 0.6) is 0 Å². The minimum Gasteiger partial charge on any atom is -0.458 e. The Labute approximate surface area is 166 Å². The quantitative estimate of drug-likeness (QED) is 0.592. The van der Waals surface area contributed by atoms with E-state index in [1.54, 1.807) is 0 Å². The van der Waals surface area contributed by atoms with Crippen LogP contribution in [0.1, 0.15) is 71.1 Å². The SMILES string of the molecule is CC[C@]12CCC3C(CCC4=C(Cl)C(=O)CC[C@H]43)C1[C@H]1C[C@H]1[C@@]21CCC(=O)O1. The van der Waals surface area contributed by atoms with Crippen LogP contribution < -0.4 is 0 Å². The Morgan fingerprint density at radius 3 is 2.63 bits per heavy atom. The molecule has 1 saturated heterocycles. The van der Waals surface area contributed by atoms with Crippen LogP contribution in [0.25, 0.3) is 0 Å². The summed E-state index contributed by atoms with van der Waals surface area (Å²) in [6.45, 7) is 2.34. The lowest BCUT2D eigenvalue weighted by atomic mass is 9.47. The molecule has 0 aromatic heterocycles. The first-order chi connectivity index (χ1) is 13.0. The largest absolute Gasteiger partial charge is 0.458 e. The highest BCUT2D eigenvalue weighted by atomic mass is 35.5. The van der Waals surface area contributed by atoms with Gasteiger partial charge < -0.3 is 4.74 Å². The number of fused-ring (bicyclic) bond motifs is 9. The number of carbonyl (C=O) groups is 2. The number of halogens is 1. The number of esters is 1. The van der Waals surface area contributed by atoms with Crippen LogP contribution in [-0.4, -0.2) is 17.4 Å². The molecule has 0 radical (unpaired) electrons. The third-order valence-corrected chi connectivity index (χ3v) is 10.3. The number of Topliss-reactive ketones (excluding diaryl/α,β-unsaturated/α-hetero) is 1. The molecule has 0 aromatic rings. The van der Waals surface area contributed by atoms with Crippen molar-refractivity contribution in [2.75, 3.05) is 0 Å². The van der Waals surface area contributed by atoms with E-state index < -0.39 is 0 Å². The van der Waals surface area contributed by atoms with E-state index >= 15 is 0 Å². The second-order valence-corrected chi connectivity index (χ2v) is 10.6. The molecule has 5 fully saturated rings. The zero-order valence-electron chi connectivity index (χ0n) is 16.1. The Hall–Kier alpha value is -0.830. The smallest absolute Gasteiger partial charge is 0.306 e. The Morgan fingerprint density at radius 2 is 1.89 bits per heavy atom. The minimum absolute atomic E-state index is 0.0442. The fourth-order valence-electron chi connectivity index (χ4n) is 9.03. The maximum Gasteiger partial charge on any atom is 0.306 e. The predicted molar refractivity (Wildman–Crippen MR) is 102 cm³/mol. The molecule has 5 aliphatic carbocycles. The Kier molecular flexibility index (Phi) is 3.41. The maximum absolute atomic E-state index is 12.2. The first-order valence-corrected chi connectivity index (χ1v) is 11.5. The molecule has 4 heteroatoms. The first-order valence-electron chi connectivity index (χ1n) is 11.2. The second kappa shape index (κ2) is 5.40. The fourth-order valence-corrected chi connectivity index (χ4v) is 9.36. The van der Waals surface area contributed by atoms with Crippen LogP contribution in [0.2, 0.25) is 0 Å². The van der Waals surface area contributed by atoms with Crippen molar-refractivity contribution in [3.05, 3.63) is 10.6 Å². The fraction of sp³-hybridized carbons (Fsp3) is 0.826. The van der Waals surface area contributed by atoms with Crippen molar-refractivity contribution in [3.63, 3.8) is 0 Å². The molecule has 27 heavy (non-hydrogen) atoms. The van der Waals surface area contributed by atoms with Gasteiger partial charge in [0, 0.05) is 24.2 Å². The molecular weight excluding hydrogens is 360 g/mol. The molecule has 0 amide bonds. The molecule has 6 rings (SSSR count). The summed E-state index contributed by atoms with van der Waals surface area (Å²) in [5.41, 5.74) is 1.35. The van der Waals surface area contributed by atoms with E-state index in [9.17, 15) is 9.59 Å². The van der Waals surface area contributed by atoms with Gasteiger partial charge in [-0.15, -0.1) is 0 Å². The summed E-state index contributed by atoms with van der Waals surface area (Å²) in [6, 6.07) is 0. The van der Waals surface area contributed by atoms with E-state index in [4.69, 9.17) is 16.3 Å². The molecule has 0 N–H and O–H groups in total. The van der Waals surface area contributed by atoms with Crippen molar-refractivity contribution in [3.8, 4) is 0 Å². The van der Waals surface area contributed by atoms with E-state index in [1.807, 2.05) is 0 Å². The van der Waals surface area contributed by atoms with Gasteiger partial charge in [0.15, 0.2) is 5.78 Å². The van der Waals surface area contributed by atoms with Gasteiger partial charge in [0.2, 0.25) is 0 Å². The first kappa shape index (κ1) is 17.1. The average Bonchev–Trinajstić information content (AvgIpc) is 3.32. The van der Waals surface area contributed by atoms with E-state index in [0.717, 1.165) is 43.4 Å². The summed E-state index contributed by atoms with van der Waals surface area (Å²) in [4.78, 5) is 24.3. The second-order valence-electron chi connectivity index (χ2n) is 10.2. The maximum atomic E-state index is 12.2. The molecule has 1 spiro atoms. The van der Waals surface area contributed by atoms with Gasteiger partial charge in [-0.05, 0) is 86.5 Å². The van der Waals surface area contributed by atoms with Crippen LogP contribution in [0.4, 0.5) is 0 Å². The van der Waals surface area contributed by atoms with Crippen molar-refractivity contribution in [1.29, 1.82) is 0 Å². The average molecular weight is 389 g/mol. The van der Waals surface area contributed by atoms with Gasteiger partial charge in [0.25, 0.3) is 0 Å². The van der Waals surface area contributed by atoms with Crippen LogP contribution in [0.3, 0.4) is 0 Å². The summed E-state index contributed by atoms with van der Waals surface area (Å²) >= 11 is 6.46. The molecule has 3 nitrogen and oxygen atoms in total. The lowest BCUT2D eigenvalue weighted by Gasteiger charge is -2.58. The van der Waals surface area contributed by atoms with E-state index in [2.05, 4.69) is 6.92 Å². The van der Waals surface area contributed by atoms with Crippen molar-refractivity contribution in [1.82, 2.24) is 0 Å². The molecule has 3 unspecified atom stereocenters. The highest BCUT2D eigenvalue weighted by Gasteiger charge is 2.79. The van der Waals surface area contributed by atoms with Crippen molar-refractivity contribution >= 4 is 23.4 Å². The van der Waals surface area contributed by atoms with Crippen molar-refractivity contribution in [2.45, 2.75) is 76.7 Å². The van der Waals surface area contributed by atoms with E-state index in [0.29, 0.717) is 35.6 Å². The van der Waals surface area contributed by atoms with Gasteiger partial charge in [0.05, 0.1) is 5.03 Å². The molecule has 0 bridgehead atoms. The third kappa shape index (κ3) is 1.91. The molecule has 6 aliphatic rings. The van der Waals surface area contributed by atoms with Gasteiger partial charge >= 0.3 is 5.97 Å². The third-order valence-electron chi connectivity index (χ3n) is 9.86. The number of ether oxygens (including phenoxy) is 1. The Morgan fingerprint density at radius 1 is 1.04 bits per heavy atom. The molecular formula is C23H29ClO3. The number of ketones is 1. The number of rotatable bonds is 1. The number of hydrogen-bond donors (Lipinski definition) is 0. The van der Waals surface area contributed by atoms with Crippen molar-refractivity contribution < 1.29 is 14.3 Å². The zero-order chi connectivity index (χ0) is 18.6. The normalized spacial score (nSPS) is 53.0. The van der Waals surface area contributed by atoms with Crippen LogP contribution in [0, 0.1) is 40.9 Å². The Balaban J connectivity index is 1.39. The van der Waals surface area contributed by atoms with E-state index in [1.165, 1.54) is 31.3 Å². The van der Waals surface area contributed by atoms with Gasteiger partial charge in [-0.25, -0.2) is 0 Å². The number of hydrogen-bond acceptors (Lipinski definition) is 3. The highest BCUT2D eigenvalue weighted by Crippen LogP contribution is 2.79. The molecule has 0 aromatic carbocycles. The van der Waals surface area contributed by atoms with Crippen LogP contribution in [-0.2, 0) is 14.3 Å². The predicted octanol–water partition coefficient (Wildman–Crippen LogP) is 5.02. The molecule has 146 valence electrons. The lowest BCUT2D eigenvalue weighted by molar-refractivity contribution is -0.179. The molecule has 1 aliphatic heterocycles. The lowest BCUT2D eigenvalue weighted by Crippen LogP contribution is -2.56. The topological polar surface area (TPSA) is 43.4 Å².